The second-order valence-corrected chi connectivity index (χ2v) is 5.26. The van der Waals surface area contributed by atoms with Crippen LogP contribution in [0.15, 0.2) is 18.2 Å². The zero-order valence-electron chi connectivity index (χ0n) is 11.5. The summed E-state index contributed by atoms with van der Waals surface area (Å²) in [4.78, 5) is 11.0. The van der Waals surface area contributed by atoms with Gasteiger partial charge in [0.15, 0.2) is 0 Å². The van der Waals surface area contributed by atoms with Gasteiger partial charge in [-0.15, -0.1) is 0 Å². The van der Waals surface area contributed by atoms with Crippen LogP contribution in [0.25, 0.3) is 0 Å². The van der Waals surface area contributed by atoms with Gasteiger partial charge in [0.1, 0.15) is 5.82 Å². The summed E-state index contributed by atoms with van der Waals surface area (Å²) in [7, 11) is 1.64. The number of rotatable bonds is 7. The first kappa shape index (κ1) is 15.4. The number of aromatic carboxylic acids is 1. The maximum Gasteiger partial charge on any atom is 0.337 e. The first-order valence-electron chi connectivity index (χ1n) is 6.11. The average Bonchev–Trinajstić information content (AvgIpc) is 2.35. The molecule has 0 atom stereocenters. The summed E-state index contributed by atoms with van der Waals surface area (Å²) >= 11 is 0. The van der Waals surface area contributed by atoms with E-state index in [0.717, 1.165) is 12.5 Å². The highest BCUT2D eigenvalue weighted by Crippen LogP contribution is 2.23. The molecule has 5 heteroatoms. The van der Waals surface area contributed by atoms with Crippen LogP contribution in [0.4, 0.5) is 10.1 Å². The van der Waals surface area contributed by atoms with Crippen LogP contribution >= 0.6 is 0 Å². The van der Waals surface area contributed by atoms with E-state index in [4.69, 9.17) is 9.84 Å². The van der Waals surface area contributed by atoms with Crippen LogP contribution in [0.2, 0.25) is 0 Å². The molecule has 0 spiro atoms. The number of carboxylic acid groups (broad SMARTS) is 1. The van der Waals surface area contributed by atoms with Gasteiger partial charge in [0, 0.05) is 25.9 Å². The highest BCUT2D eigenvalue weighted by atomic mass is 19.1. The Kier molecular flexibility index (Phi) is 5.30. The molecule has 0 aliphatic carbocycles. The van der Waals surface area contributed by atoms with E-state index in [2.05, 4.69) is 19.2 Å². The molecule has 4 nitrogen and oxygen atoms in total. The van der Waals surface area contributed by atoms with Gasteiger partial charge in [-0.3, -0.25) is 0 Å². The molecule has 19 heavy (non-hydrogen) atoms. The monoisotopic (exact) mass is 269 g/mol. The Bertz CT molecular complexity index is 446. The van der Waals surface area contributed by atoms with Crippen molar-refractivity contribution in [2.24, 2.45) is 5.41 Å². The van der Waals surface area contributed by atoms with Crippen LogP contribution < -0.4 is 5.32 Å². The van der Waals surface area contributed by atoms with E-state index in [0.29, 0.717) is 18.8 Å². The molecule has 0 saturated heterocycles. The lowest BCUT2D eigenvalue weighted by atomic mass is 9.89. The number of anilines is 1. The lowest BCUT2D eigenvalue weighted by Gasteiger charge is -2.25. The van der Waals surface area contributed by atoms with Gasteiger partial charge in [-0.05, 0) is 30.0 Å². The minimum atomic E-state index is -1.14. The molecular formula is C14H20FNO3. The first-order valence-corrected chi connectivity index (χ1v) is 6.11. The topological polar surface area (TPSA) is 58.6 Å². The quantitative estimate of drug-likeness (QED) is 0.799. The van der Waals surface area contributed by atoms with Gasteiger partial charge in [-0.25, -0.2) is 9.18 Å². The summed E-state index contributed by atoms with van der Waals surface area (Å²) in [5.41, 5.74) is 0.335. The van der Waals surface area contributed by atoms with E-state index in [1.807, 2.05) is 0 Å². The predicted molar refractivity (Wildman–Crippen MR) is 72.1 cm³/mol. The number of carboxylic acids is 1. The van der Waals surface area contributed by atoms with Crippen LogP contribution in [0, 0.1) is 11.2 Å². The fourth-order valence-electron chi connectivity index (χ4n) is 1.65. The molecule has 0 unspecified atom stereocenters. The molecule has 2 N–H and O–H groups in total. The second-order valence-electron chi connectivity index (χ2n) is 5.26. The number of carbonyl (C=O) groups is 1. The third kappa shape index (κ3) is 4.87. The molecular weight excluding hydrogens is 249 g/mol. The minimum absolute atomic E-state index is 0.0415. The molecule has 0 heterocycles. The normalized spacial score (nSPS) is 11.4. The summed E-state index contributed by atoms with van der Waals surface area (Å²) in [6, 6.07) is 3.72. The van der Waals surface area contributed by atoms with E-state index in [-0.39, 0.29) is 11.0 Å². The van der Waals surface area contributed by atoms with Gasteiger partial charge < -0.3 is 15.2 Å². The van der Waals surface area contributed by atoms with Crippen LogP contribution in [0.1, 0.15) is 30.6 Å². The zero-order valence-corrected chi connectivity index (χ0v) is 11.5. The molecule has 0 fully saturated rings. The Hall–Kier alpha value is -1.62. The zero-order chi connectivity index (χ0) is 14.5. The van der Waals surface area contributed by atoms with E-state index >= 15 is 0 Å². The Balaban J connectivity index is 2.75. The minimum Gasteiger partial charge on any atom is -0.478 e. The molecule has 0 saturated carbocycles. The van der Waals surface area contributed by atoms with Gasteiger partial charge in [0.05, 0.1) is 5.56 Å². The van der Waals surface area contributed by atoms with Gasteiger partial charge in [-0.1, -0.05) is 13.8 Å². The number of ether oxygens (including phenoxy) is 1. The number of nitrogens with one attached hydrogen (secondary N) is 1. The second kappa shape index (κ2) is 6.52. The molecule has 1 aromatic carbocycles. The van der Waals surface area contributed by atoms with E-state index in [9.17, 15) is 9.18 Å². The maximum atomic E-state index is 13.0. The number of hydrogen-bond acceptors (Lipinski definition) is 3. The molecule has 106 valence electrons. The molecule has 0 radical (unpaired) electrons. The fourth-order valence-corrected chi connectivity index (χ4v) is 1.65. The van der Waals surface area contributed by atoms with Gasteiger partial charge >= 0.3 is 5.97 Å². The molecule has 0 aromatic heterocycles. The van der Waals surface area contributed by atoms with Crippen LogP contribution in [-0.4, -0.2) is 31.3 Å². The number of benzene rings is 1. The van der Waals surface area contributed by atoms with Crippen molar-refractivity contribution in [2.75, 3.05) is 25.6 Å². The lowest BCUT2D eigenvalue weighted by Crippen LogP contribution is -2.25. The molecule has 1 rings (SSSR count). The van der Waals surface area contributed by atoms with Crippen molar-refractivity contribution >= 4 is 11.7 Å². The number of hydrogen-bond donors (Lipinski definition) is 2. The summed E-state index contributed by atoms with van der Waals surface area (Å²) in [5.74, 6) is -1.70. The molecule has 0 amide bonds. The average molecular weight is 269 g/mol. The third-order valence-electron chi connectivity index (χ3n) is 2.95. The molecule has 0 aliphatic heterocycles. The third-order valence-corrected chi connectivity index (χ3v) is 2.95. The van der Waals surface area contributed by atoms with Crippen LogP contribution in [0.3, 0.4) is 0 Å². The van der Waals surface area contributed by atoms with Crippen LogP contribution in [-0.2, 0) is 4.74 Å². The Morgan fingerprint density at radius 2 is 2.16 bits per heavy atom. The molecule has 0 aliphatic rings. The molecule has 1 aromatic rings. The van der Waals surface area contributed by atoms with Crippen LogP contribution in [0.5, 0.6) is 0 Å². The largest absolute Gasteiger partial charge is 0.478 e. The lowest BCUT2D eigenvalue weighted by molar-refractivity contribution is 0.0697. The van der Waals surface area contributed by atoms with Gasteiger partial charge in [-0.2, -0.15) is 0 Å². The van der Waals surface area contributed by atoms with Crippen molar-refractivity contribution in [1.29, 1.82) is 0 Å². The van der Waals surface area contributed by atoms with E-state index in [1.165, 1.54) is 12.1 Å². The Morgan fingerprint density at radius 1 is 1.47 bits per heavy atom. The maximum absolute atomic E-state index is 13.0. The van der Waals surface area contributed by atoms with Crippen molar-refractivity contribution in [3.8, 4) is 0 Å². The predicted octanol–water partition coefficient (Wildman–Crippen LogP) is 3.00. The van der Waals surface area contributed by atoms with E-state index < -0.39 is 11.8 Å². The first-order chi connectivity index (χ1) is 8.85. The number of halogens is 1. The Morgan fingerprint density at radius 3 is 2.74 bits per heavy atom. The molecule has 0 bridgehead atoms. The SMILES string of the molecule is COCCC(C)(C)CNc1ccc(F)cc1C(=O)O. The summed E-state index contributed by atoms with van der Waals surface area (Å²) in [6.45, 7) is 5.35. The van der Waals surface area contributed by atoms with Crippen molar-refractivity contribution < 1.29 is 19.0 Å². The van der Waals surface area contributed by atoms with Crippen molar-refractivity contribution in [3.63, 3.8) is 0 Å². The fraction of sp³-hybridized carbons (Fsp3) is 0.500. The standard InChI is InChI=1S/C14H20FNO3/c1-14(2,6-7-19-3)9-16-12-5-4-10(15)8-11(12)13(17)18/h4-5,8,16H,6-7,9H2,1-3H3,(H,17,18). The summed E-state index contributed by atoms with van der Waals surface area (Å²) < 4.78 is 18.1. The summed E-state index contributed by atoms with van der Waals surface area (Å²) in [6.07, 6.45) is 0.847. The Labute approximate surface area is 112 Å². The smallest absolute Gasteiger partial charge is 0.337 e. The van der Waals surface area contributed by atoms with Crippen molar-refractivity contribution in [3.05, 3.63) is 29.6 Å². The van der Waals surface area contributed by atoms with Gasteiger partial charge in [0.25, 0.3) is 0 Å². The van der Waals surface area contributed by atoms with Gasteiger partial charge in [0.2, 0.25) is 0 Å². The highest BCUT2D eigenvalue weighted by molar-refractivity contribution is 5.94. The van der Waals surface area contributed by atoms with Crippen molar-refractivity contribution in [2.45, 2.75) is 20.3 Å². The highest BCUT2D eigenvalue weighted by Gasteiger charge is 2.19. The van der Waals surface area contributed by atoms with E-state index in [1.54, 1.807) is 7.11 Å². The van der Waals surface area contributed by atoms with Crippen molar-refractivity contribution in [1.82, 2.24) is 0 Å². The number of methoxy groups -OCH3 is 1. The summed E-state index contributed by atoms with van der Waals surface area (Å²) in [5, 5.41) is 12.1.